The van der Waals surface area contributed by atoms with Crippen molar-refractivity contribution in [2.75, 3.05) is 16.8 Å². The van der Waals surface area contributed by atoms with Gasteiger partial charge in [0.15, 0.2) is 9.84 Å². The summed E-state index contributed by atoms with van der Waals surface area (Å²) in [6, 6.07) is 10.2. The number of anilines is 1. The molecule has 2 rings (SSSR count). The Balaban J connectivity index is 1.82. The molecule has 0 aliphatic carbocycles. The van der Waals surface area contributed by atoms with E-state index >= 15 is 0 Å². The first-order valence-electron chi connectivity index (χ1n) is 7.50. The van der Waals surface area contributed by atoms with Crippen LogP contribution in [0.3, 0.4) is 0 Å². The summed E-state index contributed by atoms with van der Waals surface area (Å²) in [5, 5.41) is 4.70. The number of amides is 2. The van der Waals surface area contributed by atoms with Crippen LogP contribution in [0, 0.1) is 11.6 Å². The Labute approximate surface area is 149 Å². The van der Waals surface area contributed by atoms with Crippen LogP contribution in [-0.4, -0.2) is 31.7 Å². The lowest BCUT2D eigenvalue weighted by molar-refractivity contribution is -0.118. The van der Waals surface area contributed by atoms with Gasteiger partial charge in [-0.1, -0.05) is 12.1 Å². The molecule has 0 heterocycles. The fourth-order valence-corrected chi connectivity index (χ4v) is 3.11. The van der Waals surface area contributed by atoms with Gasteiger partial charge in [-0.25, -0.2) is 17.2 Å². The summed E-state index contributed by atoms with van der Waals surface area (Å²) < 4.78 is 49.4. The summed E-state index contributed by atoms with van der Waals surface area (Å²) >= 11 is 0. The Kier molecular flexibility index (Phi) is 6.40. The van der Waals surface area contributed by atoms with E-state index in [-0.39, 0.29) is 12.2 Å². The van der Waals surface area contributed by atoms with Crippen LogP contribution in [0.25, 0.3) is 0 Å². The third kappa shape index (κ3) is 6.60. The van der Waals surface area contributed by atoms with Gasteiger partial charge in [0.2, 0.25) is 11.8 Å². The van der Waals surface area contributed by atoms with Gasteiger partial charge in [-0.05, 0) is 42.0 Å². The highest BCUT2D eigenvalue weighted by Gasteiger charge is 2.20. The summed E-state index contributed by atoms with van der Waals surface area (Å²) in [4.78, 5) is 23.5. The van der Waals surface area contributed by atoms with Crippen LogP contribution in [0.1, 0.15) is 5.56 Å². The van der Waals surface area contributed by atoms with Crippen molar-refractivity contribution >= 4 is 27.3 Å². The van der Waals surface area contributed by atoms with E-state index < -0.39 is 44.8 Å². The molecule has 26 heavy (non-hydrogen) atoms. The normalized spacial score (nSPS) is 11.0. The van der Waals surface area contributed by atoms with Crippen LogP contribution in [0.5, 0.6) is 0 Å². The van der Waals surface area contributed by atoms with E-state index in [0.29, 0.717) is 5.56 Å². The minimum Gasteiger partial charge on any atom is -0.351 e. The van der Waals surface area contributed by atoms with Gasteiger partial charge in [-0.3, -0.25) is 9.59 Å². The van der Waals surface area contributed by atoms with Crippen LogP contribution in [0.2, 0.25) is 0 Å². The minimum atomic E-state index is -3.98. The Bertz CT molecular complexity index is 882. The molecule has 0 atom stereocenters. The third-order valence-electron chi connectivity index (χ3n) is 3.23. The third-order valence-corrected chi connectivity index (χ3v) is 4.64. The standard InChI is InChI=1S/C17H16F2N2O4S/c18-13-3-1-12(2-4-13)9-20-16(22)10-26(24,25)11-17(23)21-15-7-5-14(19)6-8-15/h1-8H,9-11H2,(H,20,22)(H,21,23). The van der Waals surface area contributed by atoms with Gasteiger partial charge in [-0.15, -0.1) is 0 Å². The Morgan fingerprint density at radius 3 is 1.88 bits per heavy atom. The number of rotatable bonds is 7. The van der Waals surface area contributed by atoms with Crippen molar-refractivity contribution in [3.8, 4) is 0 Å². The van der Waals surface area contributed by atoms with Gasteiger partial charge < -0.3 is 10.6 Å². The fraction of sp³-hybridized carbons (Fsp3) is 0.176. The molecule has 0 saturated carbocycles. The lowest BCUT2D eigenvalue weighted by atomic mass is 10.2. The van der Waals surface area contributed by atoms with Crippen molar-refractivity contribution in [3.63, 3.8) is 0 Å². The number of hydrogen-bond donors (Lipinski definition) is 2. The zero-order chi connectivity index (χ0) is 19.2. The quantitative estimate of drug-likeness (QED) is 0.761. The molecular formula is C17H16F2N2O4S. The molecule has 138 valence electrons. The highest BCUT2D eigenvalue weighted by atomic mass is 32.2. The van der Waals surface area contributed by atoms with Crippen LogP contribution in [0.15, 0.2) is 48.5 Å². The number of sulfone groups is 1. The zero-order valence-corrected chi connectivity index (χ0v) is 14.4. The van der Waals surface area contributed by atoms with Crippen molar-refractivity contribution in [2.45, 2.75) is 6.54 Å². The molecule has 2 aromatic rings. The Morgan fingerprint density at radius 1 is 0.808 bits per heavy atom. The van der Waals surface area contributed by atoms with Crippen molar-refractivity contribution in [1.29, 1.82) is 0 Å². The summed E-state index contributed by atoms with van der Waals surface area (Å²) in [7, 11) is -3.98. The molecule has 0 saturated heterocycles. The highest BCUT2D eigenvalue weighted by Crippen LogP contribution is 2.08. The molecule has 0 bridgehead atoms. The molecule has 0 spiro atoms. The molecule has 0 unspecified atom stereocenters. The average molecular weight is 382 g/mol. The van der Waals surface area contributed by atoms with E-state index in [0.717, 1.165) is 12.1 Å². The summed E-state index contributed by atoms with van der Waals surface area (Å²) in [5.74, 6) is -4.26. The van der Waals surface area contributed by atoms with E-state index in [9.17, 15) is 26.8 Å². The molecule has 6 nitrogen and oxygen atoms in total. The molecule has 9 heteroatoms. The molecule has 0 radical (unpaired) electrons. The van der Waals surface area contributed by atoms with E-state index in [1.807, 2.05) is 0 Å². The number of halogens is 2. The average Bonchev–Trinajstić information content (AvgIpc) is 2.55. The number of carbonyl (C=O) groups excluding carboxylic acids is 2. The van der Waals surface area contributed by atoms with Gasteiger partial charge >= 0.3 is 0 Å². The van der Waals surface area contributed by atoms with E-state index in [4.69, 9.17) is 0 Å². The first-order valence-corrected chi connectivity index (χ1v) is 9.33. The second-order valence-electron chi connectivity index (χ2n) is 5.49. The maximum atomic E-state index is 12.8. The van der Waals surface area contributed by atoms with Gasteiger partial charge in [0.25, 0.3) is 0 Å². The number of carbonyl (C=O) groups is 2. The lowest BCUT2D eigenvalue weighted by Gasteiger charge is -2.08. The molecule has 2 amide bonds. The van der Waals surface area contributed by atoms with Gasteiger partial charge in [0.1, 0.15) is 23.1 Å². The smallest absolute Gasteiger partial charge is 0.239 e. The molecule has 0 fully saturated rings. The summed E-state index contributed by atoms with van der Waals surface area (Å²) in [5.41, 5.74) is 0.846. The van der Waals surface area contributed by atoms with Crippen LogP contribution >= 0.6 is 0 Å². The van der Waals surface area contributed by atoms with Crippen LogP contribution in [0.4, 0.5) is 14.5 Å². The van der Waals surface area contributed by atoms with Crippen molar-refractivity contribution in [2.24, 2.45) is 0 Å². The summed E-state index contributed by atoms with van der Waals surface area (Å²) in [6.45, 7) is 0.0381. The molecule has 2 aromatic carbocycles. The Hall–Kier alpha value is -2.81. The molecule has 0 aromatic heterocycles. The maximum absolute atomic E-state index is 12.8. The van der Waals surface area contributed by atoms with E-state index in [2.05, 4.69) is 10.6 Å². The molecule has 2 N–H and O–H groups in total. The maximum Gasteiger partial charge on any atom is 0.239 e. The summed E-state index contributed by atoms with van der Waals surface area (Å²) in [6.07, 6.45) is 0. The van der Waals surface area contributed by atoms with Gasteiger partial charge in [0, 0.05) is 12.2 Å². The molecular weight excluding hydrogens is 366 g/mol. The predicted molar refractivity (Wildman–Crippen MR) is 91.9 cm³/mol. The lowest BCUT2D eigenvalue weighted by Crippen LogP contribution is -2.33. The monoisotopic (exact) mass is 382 g/mol. The van der Waals surface area contributed by atoms with Gasteiger partial charge in [-0.2, -0.15) is 0 Å². The van der Waals surface area contributed by atoms with Crippen LogP contribution < -0.4 is 10.6 Å². The topological polar surface area (TPSA) is 92.3 Å². The van der Waals surface area contributed by atoms with Crippen molar-refractivity contribution < 1.29 is 26.8 Å². The minimum absolute atomic E-state index is 0.0381. The first-order chi connectivity index (χ1) is 12.2. The van der Waals surface area contributed by atoms with E-state index in [1.165, 1.54) is 36.4 Å². The second-order valence-corrected chi connectivity index (χ2v) is 7.56. The van der Waals surface area contributed by atoms with E-state index in [1.54, 1.807) is 0 Å². The Morgan fingerprint density at radius 2 is 1.31 bits per heavy atom. The largest absolute Gasteiger partial charge is 0.351 e. The number of benzene rings is 2. The van der Waals surface area contributed by atoms with Crippen molar-refractivity contribution in [3.05, 3.63) is 65.7 Å². The fourth-order valence-electron chi connectivity index (χ4n) is 2.03. The van der Waals surface area contributed by atoms with Crippen molar-refractivity contribution in [1.82, 2.24) is 5.32 Å². The predicted octanol–water partition coefficient (Wildman–Crippen LogP) is 1.63. The van der Waals surface area contributed by atoms with Crippen LogP contribution in [-0.2, 0) is 26.0 Å². The first kappa shape index (κ1) is 19.5. The van der Waals surface area contributed by atoms with Gasteiger partial charge in [0.05, 0.1) is 0 Å². The number of hydrogen-bond acceptors (Lipinski definition) is 4. The molecule has 0 aliphatic heterocycles. The second kappa shape index (κ2) is 8.52. The highest BCUT2D eigenvalue weighted by molar-refractivity contribution is 7.92. The zero-order valence-electron chi connectivity index (χ0n) is 13.5. The number of nitrogens with one attached hydrogen (secondary N) is 2. The SMILES string of the molecule is O=C(CS(=O)(=O)CC(=O)Nc1ccc(F)cc1)NCc1ccc(F)cc1. The molecule has 0 aliphatic rings.